The minimum Gasteiger partial charge on any atom is -0.497 e. The molecule has 6 N–H and O–H groups in total. The minimum absolute atomic E-state index is 0.00293. The molecule has 35 heteroatoms. The zero-order valence-electron chi connectivity index (χ0n) is 86.0. The molecule has 8 aliphatic rings. The number of nitrogens with one attached hydrogen (secondary N) is 4. The minimum atomic E-state index is -0.906. The summed E-state index contributed by atoms with van der Waals surface area (Å²) in [5, 5.41) is 24.4. The molecule has 7 heterocycles. The Bertz CT molecular complexity index is 6120. The monoisotopic (exact) mass is 2160 g/mol. The number of carbonyl (C=O) groups is 9. The molecular weight excluding hydrogens is 2030 g/mol. The predicted octanol–water partition coefficient (Wildman–Crippen LogP) is 20.3. The molecule has 8 amide bonds. The number of carbonyl (C=O) groups excluding carboxylic acids is 9. The third-order valence-corrected chi connectivity index (χ3v) is 32.3. The molecular formula is C112H139BrCl2N15O14S3+. The number of likely N-dealkylation sites (N-methyl/N-ethyl adjacent to an activating group) is 1. The number of thioether (sulfide) groups is 1. The van der Waals surface area contributed by atoms with Gasteiger partial charge in [-0.1, -0.05) is 192 Å². The van der Waals surface area contributed by atoms with Gasteiger partial charge in [-0.3, -0.25) is 72.9 Å². The van der Waals surface area contributed by atoms with Gasteiger partial charge in [0, 0.05) is 85.8 Å². The van der Waals surface area contributed by atoms with Crippen LogP contribution in [0.25, 0.3) is 16.8 Å². The first-order valence-electron chi connectivity index (χ1n) is 51.0. The van der Waals surface area contributed by atoms with E-state index in [1.54, 1.807) is 66.4 Å². The van der Waals surface area contributed by atoms with Gasteiger partial charge in [0.2, 0.25) is 17.7 Å². The van der Waals surface area contributed by atoms with Crippen molar-refractivity contribution in [2.75, 3.05) is 98.8 Å². The molecule has 784 valence electrons. The number of imide groups is 1. The van der Waals surface area contributed by atoms with Crippen LogP contribution >= 0.6 is 74.4 Å². The Balaban J connectivity index is 0.000000164. The number of Topliss-reactive ketones (excluding diaryl/α,β-unsaturated/α-hetero) is 1. The maximum Gasteiger partial charge on any atom is 0.314 e. The number of methoxy groups -OCH3 is 1. The molecule has 29 nitrogen and oxygen atoms in total. The Hall–Kier alpha value is -11.1. The highest BCUT2D eigenvalue weighted by molar-refractivity contribution is 9.10. The molecule has 0 radical (unpaired) electrons. The topological polar surface area (TPSA) is 345 Å². The van der Waals surface area contributed by atoms with Crippen LogP contribution in [0, 0.1) is 39.7 Å². The van der Waals surface area contributed by atoms with E-state index in [-0.39, 0.29) is 111 Å². The molecule has 5 aliphatic heterocycles. The molecule has 7 fully saturated rings. The fourth-order valence-corrected chi connectivity index (χ4v) is 23.3. The van der Waals surface area contributed by atoms with Gasteiger partial charge in [-0.05, 0) is 312 Å². The number of benzene rings is 7. The fourth-order valence-electron chi connectivity index (χ4n) is 19.8. The van der Waals surface area contributed by atoms with E-state index in [0.29, 0.717) is 87.1 Å². The second-order valence-corrected chi connectivity index (χ2v) is 44.0. The summed E-state index contributed by atoms with van der Waals surface area (Å²) in [6, 6.07) is 50.8. The van der Waals surface area contributed by atoms with Crippen molar-refractivity contribution in [2.24, 2.45) is 23.5 Å². The summed E-state index contributed by atoms with van der Waals surface area (Å²) in [7, 11) is 6.82. The summed E-state index contributed by atoms with van der Waals surface area (Å²) in [6.07, 6.45) is 23.3. The third-order valence-electron chi connectivity index (χ3n) is 28.1. The van der Waals surface area contributed by atoms with Crippen molar-refractivity contribution in [1.82, 2.24) is 55.7 Å². The van der Waals surface area contributed by atoms with Crippen molar-refractivity contribution >= 4 is 166 Å². The quantitative estimate of drug-likeness (QED) is 0.00653. The lowest BCUT2D eigenvalue weighted by Crippen LogP contribution is -2.47. The normalized spacial score (nSPS) is 18.4. The van der Waals surface area contributed by atoms with Gasteiger partial charge in [-0.2, -0.15) is 0 Å². The lowest BCUT2D eigenvalue weighted by molar-refractivity contribution is -0.428. The summed E-state index contributed by atoms with van der Waals surface area (Å²) in [6.45, 7) is 22.7. The highest BCUT2D eigenvalue weighted by Gasteiger charge is 2.44. The van der Waals surface area contributed by atoms with Crippen LogP contribution in [-0.2, 0) is 54.8 Å². The number of likely N-dealkylation sites (tertiary alicyclic amines) is 2. The smallest absolute Gasteiger partial charge is 0.314 e. The molecule has 17 rings (SSSR count). The van der Waals surface area contributed by atoms with Crippen molar-refractivity contribution in [3.8, 4) is 11.5 Å². The summed E-state index contributed by atoms with van der Waals surface area (Å²) in [5.74, 6) is 3.10. The van der Waals surface area contributed by atoms with E-state index in [1.807, 2.05) is 128 Å². The second-order valence-electron chi connectivity index (χ2n) is 39.3. The number of hydrogen-bond acceptors (Lipinski definition) is 23. The average Bonchev–Trinajstić information content (AvgIpc) is 1.71. The van der Waals surface area contributed by atoms with Gasteiger partial charge in [0.15, 0.2) is 17.2 Å². The number of hydrogen-bond donors (Lipinski definition) is 5. The molecule has 6 atom stereocenters. The van der Waals surface area contributed by atoms with E-state index in [4.69, 9.17) is 50.6 Å². The third kappa shape index (κ3) is 32.5. The SMILES string of the molecule is CC(C)c1ccc(/C=C2\SC(=S)N(CN3CCCCC3)C2=O)cc1.CCN(CC)C1CC(=O)N(c2cccc(C)c2)C1=O.CNC(=O)c1cc2c(cc1C(=O)NC[C@@H](C)N)CN(C(=O)CCC1CCN(C)CC1)C2.COc1ccc(CN(C(=O)c2ccccn2)C(C(=O)NC2CCCCC2)c2ccc3cc(OCC(C)=O)ccc3c2)cc1.C[N+](=O)c1ccc(CCNC2CC3CCC2C3)cc1.O=[N+]([O-])c1c(Cl)sc(Cl)c1Br. The van der Waals surface area contributed by atoms with Crippen LogP contribution in [0.5, 0.6) is 11.5 Å². The summed E-state index contributed by atoms with van der Waals surface area (Å²) < 4.78 is 13.1. The van der Waals surface area contributed by atoms with E-state index < -0.39 is 11.0 Å². The standard InChI is InChI=1S/C35H37N3O5.C23H35N5O3.C19H24N2OS2.C16H23N2O.C15H20N2O2.C4BrCl2NO2S/c1-24(39)23-43-31-18-15-26-20-28(14-13-27(26)21-31)33(34(40)37-29-8-4-3-5-9-29)38(35(41)32-10-6-7-19-36-32)22-25-11-16-30(42-2)17-12-25;1-15(24)12-26-23(31)20-11-18-14-28(13-17(18)10-19(20)22(30)25-2)21(29)5-4-16-6-8-27(3)9-7-16;1-14(2)16-8-6-15(7-9-16)12-17-18(22)21(19(23)24-17)13-20-10-4-3-5-11-20;1-18(19)15-6-3-12(4-7-15)8-9-17-16-11-13-2-5-14(16)10-13;1-4-16(5-2)13-10-14(18)17(15(13)19)12-8-6-7-11(3)9-12;5-1-2(8(9)10)4(7)11-3(1)6/h6-7,10-21,29,33H,3-5,8-9,22-23H2,1-2H3,(H,37,40);10-11,15-16H,4-9,12-14,24H2,1-3H3,(H,25,30)(H,26,31);6-9,12,14H,3-5,10-11,13H2,1-2H3;3-4,6-7,13-14,16-17H,2,5,8-11H2,1H3;6-9,13H,4-5,10H2,1-3H3;/q;;;+1;;/b;;17-12-;;;/t;15-;;;;/m.1..../s1. The van der Waals surface area contributed by atoms with Crippen LogP contribution in [0.3, 0.4) is 0 Å². The Kier molecular flexibility index (Phi) is 43.6. The number of ether oxygens (including phenoxy) is 2. The van der Waals surface area contributed by atoms with E-state index in [0.717, 1.165) is 180 Å². The van der Waals surface area contributed by atoms with Crippen molar-refractivity contribution < 1.29 is 62.3 Å². The summed E-state index contributed by atoms with van der Waals surface area (Å²) in [5.41, 5.74) is 16.0. The number of thiocarbonyl (C=S) groups is 1. The van der Waals surface area contributed by atoms with Gasteiger partial charge in [0.25, 0.3) is 35.2 Å². The van der Waals surface area contributed by atoms with Gasteiger partial charge in [0.05, 0.1) is 52.9 Å². The summed E-state index contributed by atoms with van der Waals surface area (Å²) in [4.78, 5) is 154. The van der Waals surface area contributed by atoms with Crippen molar-refractivity contribution in [1.29, 1.82) is 0 Å². The number of halogens is 3. The molecule has 2 aromatic heterocycles. The number of pyridine rings is 1. The molecule has 7 aromatic carbocycles. The molecule has 3 saturated carbocycles. The number of amides is 8. The number of thiophene rings is 1. The van der Waals surface area contributed by atoms with Crippen LogP contribution in [0.15, 0.2) is 179 Å². The number of anilines is 1. The maximum absolute atomic E-state index is 14.2. The number of nitroso groups, excluding NO2 is 1. The lowest BCUT2D eigenvalue weighted by atomic mass is 9.92. The van der Waals surface area contributed by atoms with Gasteiger partial charge in [0.1, 0.15) is 43.0 Å². The second kappa shape index (κ2) is 56.0. The van der Waals surface area contributed by atoms with E-state index in [2.05, 4.69) is 109 Å². The number of rotatable bonds is 32. The zero-order chi connectivity index (χ0) is 106. The van der Waals surface area contributed by atoms with Crippen LogP contribution in [0.2, 0.25) is 8.67 Å². The highest BCUT2D eigenvalue weighted by Crippen LogP contribution is 2.47. The number of piperidine rings is 2. The van der Waals surface area contributed by atoms with Crippen molar-refractivity contribution in [3.05, 3.63) is 264 Å². The molecule has 3 aliphatic carbocycles. The number of ketones is 1. The van der Waals surface area contributed by atoms with Gasteiger partial charge >= 0.3 is 5.69 Å². The Labute approximate surface area is 895 Å². The molecule has 4 saturated heterocycles. The van der Waals surface area contributed by atoms with E-state index >= 15 is 0 Å². The lowest BCUT2D eigenvalue weighted by Gasteiger charge is -2.33. The maximum atomic E-state index is 14.2. The predicted molar refractivity (Wildman–Crippen MR) is 591 cm³/mol. The van der Waals surface area contributed by atoms with Gasteiger partial charge in [-0.25, -0.2) is 4.90 Å². The van der Waals surface area contributed by atoms with Crippen LogP contribution in [-0.4, -0.2) is 219 Å². The highest BCUT2D eigenvalue weighted by atomic mass is 79.9. The largest absolute Gasteiger partial charge is 0.497 e. The fraction of sp³-hybridized carbons (Fsp3) is 0.455. The number of nitrogens with two attached hydrogens (primary N) is 1. The molecule has 5 unspecified atom stereocenters. The molecule has 2 bridgehead atoms. The summed E-state index contributed by atoms with van der Waals surface area (Å²) >= 11 is 21.8. The van der Waals surface area contributed by atoms with Gasteiger partial charge in [-0.15, -0.1) is 11.3 Å². The number of fused-ring (bicyclic) bond motifs is 4. The van der Waals surface area contributed by atoms with Crippen molar-refractivity contribution in [2.45, 2.75) is 220 Å². The van der Waals surface area contributed by atoms with Crippen LogP contribution < -0.4 is 41.4 Å². The molecule has 9 aromatic rings. The van der Waals surface area contributed by atoms with Crippen LogP contribution in [0.1, 0.15) is 238 Å². The number of aryl methyl sites for hydroxylation is 1. The van der Waals surface area contributed by atoms with Gasteiger partial charge < -0.3 is 51.2 Å². The Morgan fingerprint density at radius 3 is 1.98 bits per heavy atom. The number of nitrogens with zero attached hydrogens (tertiary/aromatic N) is 10. The molecule has 0 spiro atoms. The number of nitro groups is 1. The zero-order valence-corrected chi connectivity index (χ0v) is 91.5. The number of aromatic nitrogens is 1. The van der Waals surface area contributed by atoms with E-state index in [9.17, 15) is 58.2 Å². The average molecular weight is 2170 g/mol. The van der Waals surface area contributed by atoms with Crippen molar-refractivity contribution in [3.63, 3.8) is 0 Å². The first-order chi connectivity index (χ1) is 70.6. The first kappa shape index (κ1) is 115. The van der Waals surface area contributed by atoms with Crippen LogP contribution in [0.4, 0.5) is 17.1 Å². The van der Waals surface area contributed by atoms with E-state index in [1.165, 1.54) is 100 Å². The Morgan fingerprint density at radius 1 is 0.741 bits per heavy atom. The molecule has 147 heavy (non-hydrogen) atoms. The Morgan fingerprint density at radius 2 is 1.39 bits per heavy atom. The first-order valence-corrected chi connectivity index (χ1v) is 54.6.